The molecule has 0 aliphatic rings. The fourth-order valence-electron chi connectivity index (χ4n) is 2.21. The average molecular weight is 319 g/mol. The maximum absolute atomic E-state index is 13.2. The fourth-order valence-corrected chi connectivity index (χ4v) is 2.21. The number of rotatable bonds is 5. The second-order valence-corrected chi connectivity index (χ2v) is 5.78. The zero-order chi connectivity index (χ0) is 17.2. The lowest BCUT2D eigenvalue weighted by Gasteiger charge is -2.27. The summed E-state index contributed by atoms with van der Waals surface area (Å²) in [4.78, 5) is 22.7. The maximum atomic E-state index is 13.2. The highest BCUT2D eigenvalue weighted by molar-refractivity contribution is 5.98. The lowest BCUT2D eigenvalue weighted by molar-refractivity contribution is -0.143. The van der Waals surface area contributed by atoms with Crippen LogP contribution in [0.3, 0.4) is 0 Å². The molecule has 0 aliphatic carbocycles. The quantitative estimate of drug-likeness (QED) is 0.855. The van der Waals surface area contributed by atoms with E-state index in [9.17, 15) is 14.0 Å². The van der Waals surface area contributed by atoms with Gasteiger partial charge in [0.1, 0.15) is 12.4 Å². The highest BCUT2D eigenvalue weighted by Crippen LogP contribution is 2.29. The number of benzene rings is 1. The minimum atomic E-state index is -0.719. The van der Waals surface area contributed by atoms with Gasteiger partial charge in [0.05, 0.1) is 23.0 Å². The van der Waals surface area contributed by atoms with E-state index >= 15 is 0 Å². The molecule has 0 saturated carbocycles. The van der Waals surface area contributed by atoms with Crippen molar-refractivity contribution in [3.05, 3.63) is 41.8 Å². The number of ether oxygens (including phenoxy) is 1. The summed E-state index contributed by atoms with van der Waals surface area (Å²) in [5.41, 5.74) is 5.95. The van der Waals surface area contributed by atoms with Gasteiger partial charge in [0.2, 0.25) is 0 Å². The predicted molar refractivity (Wildman–Crippen MR) is 82.1 cm³/mol. The first-order valence-electron chi connectivity index (χ1n) is 7.00. The Balaban J connectivity index is 2.54. The van der Waals surface area contributed by atoms with Crippen LogP contribution in [0.25, 0.3) is 11.3 Å². The molecule has 2 N–H and O–H groups in total. The van der Waals surface area contributed by atoms with Crippen LogP contribution in [0.2, 0.25) is 0 Å². The first kappa shape index (κ1) is 16.7. The summed E-state index contributed by atoms with van der Waals surface area (Å²) in [5, 5.41) is 4.22. The molecular formula is C16H18FN3O3. The van der Waals surface area contributed by atoms with E-state index in [1.54, 1.807) is 18.5 Å². The van der Waals surface area contributed by atoms with E-state index in [1.165, 1.54) is 37.4 Å². The van der Waals surface area contributed by atoms with Crippen LogP contribution in [0.1, 0.15) is 31.1 Å². The maximum Gasteiger partial charge on any atom is 0.302 e. The van der Waals surface area contributed by atoms with Crippen LogP contribution in [-0.2, 0) is 15.1 Å². The molecule has 1 heterocycles. The predicted octanol–water partition coefficient (Wildman–Crippen LogP) is 2.09. The molecule has 6 nitrogen and oxygen atoms in total. The van der Waals surface area contributed by atoms with E-state index in [2.05, 4.69) is 5.10 Å². The Labute approximate surface area is 133 Å². The van der Waals surface area contributed by atoms with E-state index in [-0.39, 0.29) is 18.0 Å². The Morgan fingerprint density at radius 3 is 2.43 bits per heavy atom. The molecular weight excluding hydrogens is 301 g/mol. The van der Waals surface area contributed by atoms with Gasteiger partial charge in [-0.3, -0.25) is 14.3 Å². The fraction of sp³-hybridized carbons (Fsp3) is 0.312. The highest BCUT2D eigenvalue weighted by Gasteiger charge is 2.29. The summed E-state index contributed by atoms with van der Waals surface area (Å²) in [6.07, 6.45) is 1.36. The third kappa shape index (κ3) is 3.56. The molecule has 7 heteroatoms. The number of hydrogen-bond donors (Lipinski definition) is 1. The standard InChI is InChI=1S/C16H18FN3O3/c1-10(21)23-9-16(2,3)20-14(13(8-19-20)15(18)22)11-4-6-12(17)7-5-11/h4-8H,9H2,1-3H3,(H2,18,22). The number of amides is 1. The molecule has 0 radical (unpaired) electrons. The zero-order valence-corrected chi connectivity index (χ0v) is 13.2. The van der Waals surface area contributed by atoms with Crippen molar-refractivity contribution in [3.63, 3.8) is 0 Å². The number of halogens is 1. The van der Waals surface area contributed by atoms with Gasteiger partial charge in [0, 0.05) is 12.5 Å². The SMILES string of the molecule is CC(=O)OCC(C)(C)n1ncc(C(N)=O)c1-c1ccc(F)cc1. The average Bonchev–Trinajstić information content (AvgIpc) is 2.92. The van der Waals surface area contributed by atoms with Gasteiger partial charge in [0.15, 0.2) is 0 Å². The van der Waals surface area contributed by atoms with Gasteiger partial charge in [-0.05, 0) is 38.1 Å². The molecule has 1 amide bonds. The molecule has 2 rings (SSSR count). The molecule has 0 spiro atoms. The Bertz CT molecular complexity index is 736. The Hall–Kier alpha value is -2.70. The smallest absolute Gasteiger partial charge is 0.302 e. The Morgan fingerprint density at radius 1 is 1.30 bits per heavy atom. The lowest BCUT2D eigenvalue weighted by Crippen LogP contribution is -2.34. The highest BCUT2D eigenvalue weighted by atomic mass is 19.1. The van der Waals surface area contributed by atoms with Gasteiger partial charge >= 0.3 is 5.97 Å². The van der Waals surface area contributed by atoms with Crippen molar-refractivity contribution in [1.82, 2.24) is 9.78 Å². The number of hydrogen-bond acceptors (Lipinski definition) is 4. The largest absolute Gasteiger partial charge is 0.463 e. The minimum Gasteiger partial charge on any atom is -0.463 e. The van der Waals surface area contributed by atoms with Gasteiger partial charge in [0.25, 0.3) is 5.91 Å². The summed E-state index contributed by atoms with van der Waals surface area (Å²) >= 11 is 0. The van der Waals surface area contributed by atoms with Crippen LogP contribution in [0.5, 0.6) is 0 Å². The zero-order valence-electron chi connectivity index (χ0n) is 13.2. The molecule has 1 aromatic carbocycles. The normalized spacial score (nSPS) is 11.3. The van der Waals surface area contributed by atoms with Crippen molar-refractivity contribution in [3.8, 4) is 11.3 Å². The van der Waals surface area contributed by atoms with Gasteiger partial charge < -0.3 is 10.5 Å². The molecule has 23 heavy (non-hydrogen) atoms. The van der Waals surface area contributed by atoms with Crippen LogP contribution in [0.15, 0.2) is 30.5 Å². The second-order valence-electron chi connectivity index (χ2n) is 5.78. The summed E-state index contributed by atoms with van der Waals surface area (Å²) in [7, 11) is 0. The van der Waals surface area contributed by atoms with Gasteiger partial charge in [-0.15, -0.1) is 0 Å². The topological polar surface area (TPSA) is 87.2 Å². The molecule has 1 aromatic heterocycles. The van der Waals surface area contributed by atoms with Crippen molar-refractivity contribution in [1.29, 1.82) is 0 Å². The van der Waals surface area contributed by atoms with Crippen LogP contribution in [-0.4, -0.2) is 28.3 Å². The Kier molecular flexibility index (Phi) is 4.49. The number of carbonyl (C=O) groups excluding carboxylic acids is 2. The van der Waals surface area contributed by atoms with E-state index in [4.69, 9.17) is 10.5 Å². The molecule has 0 atom stereocenters. The van der Waals surface area contributed by atoms with Crippen LogP contribution in [0, 0.1) is 5.82 Å². The van der Waals surface area contributed by atoms with E-state index in [0.29, 0.717) is 11.3 Å². The van der Waals surface area contributed by atoms with Crippen molar-refractivity contribution in [2.45, 2.75) is 26.3 Å². The second kappa shape index (κ2) is 6.20. The molecule has 0 bridgehead atoms. The number of carbonyl (C=O) groups is 2. The number of nitrogens with two attached hydrogens (primary N) is 1. The van der Waals surface area contributed by atoms with Gasteiger partial charge in [-0.2, -0.15) is 5.10 Å². The third-order valence-corrected chi connectivity index (χ3v) is 3.35. The van der Waals surface area contributed by atoms with Crippen molar-refractivity contribution in [2.75, 3.05) is 6.61 Å². The molecule has 0 unspecified atom stereocenters. The number of primary amides is 1. The van der Waals surface area contributed by atoms with Crippen molar-refractivity contribution in [2.24, 2.45) is 5.73 Å². The molecule has 0 aliphatic heterocycles. The first-order chi connectivity index (χ1) is 10.7. The monoisotopic (exact) mass is 319 g/mol. The molecule has 2 aromatic rings. The summed E-state index contributed by atoms with van der Waals surface area (Å²) in [6.45, 7) is 4.99. The summed E-state index contributed by atoms with van der Waals surface area (Å²) < 4.78 is 19.8. The summed E-state index contributed by atoms with van der Waals surface area (Å²) in [6, 6.07) is 5.65. The minimum absolute atomic E-state index is 0.0659. The third-order valence-electron chi connectivity index (χ3n) is 3.35. The molecule has 0 fully saturated rings. The Morgan fingerprint density at radius 2 is 1.91 bits per heavy atom. The van der Waals surface area contributed by atoms with Crippen molar-refractivity contribution >= 4 is 11.9 Å². The van der Waals surface area contributed by atoms with E-state index in [0.717, 1.165) is 0 Å². The summed E-state index contributed by atoms with van der Waals surface area (Å²) in [5.74, 6) is -1.44. The van der Waals surface area contributed by atoms with E-state index in [1.807, 2.05) is 0 Å². The van der Waals surface area contributed by atoms with Crippen LogP contribution in [0.4, 0.5) is 4.39 Å². The van der Waals surface area contributed by atoms with Crippen LogP contribution < -0.4 is 5.73 Å². The first-order valence-corrected chi connectivity index (χ1v) is 7.00. The van der Waals surface area contributed by atoms with Crippen molar-refractivity contribution < 1.29 is 18.7 Å². The van der Waals surface area contributed by atoms with Gasteiger partial charge in [-0.25, -0.2) is 4.39 Å². The number of nitrogens with zero attached hydrogens (tertiary/aromatic N) is 2. The van der Waals surface area contributed by atoms with Crippen LogP contribution >= 0.6 is 0 Å². The number of aromatic nitrogens is 2. The molecule has 0 saturated heterocycles. The lowest BCUT2D eigenvalue weighted by atomic mass is 10.0. The molecule has 122 valence electrons. The van der Waals surface area contributed by atoms with E-state index < -0.39 is 17.4 Å². The van der Waals surface area contributed by atoms with Gasteiger partial charge in [-0.1, -0.05) is 0 Å². The number of esters is 1.